The van der Waals surface area contributed by atoms with Crippen LogP contribution in [0.4, 0.5) is 0 Å². The van der Waals surface area contributed by atoms with Crippen LogP contribution in [-0.4, -0.2) is 23.5 Å². The van der Waals surface area contributed by atoms with Crippen LogP contribution in [0.3, 0.4) is 0 Å². The van der Waals surface area contributed by atoms with E-state index in [1.54, 1.807) is 0 Å². The highest BCUT2D eigenvalue weighted by Gasteiger charge is 2.30. The minimum absolute atomic E-state index is 0.350. The van der Waals surface area contributed by atoms with Crippen LogP contribution in [0.15, 0.2) is 28.7 Å². The first-order valence-electron chi connectivity index (χ1n) is 6.86. The number of rotatable bonds is 3. The van der Waals surface area contributed by atoms with Crippen molar-refractivity contribution >= 4 is 15.9 Å². The van der Waals surface area contributed by atoms with E-state index in [1.165, 1.54) is 24.8 Å². The van der Waals surface area contributed by atoms with E-state index in [-0.39, 0.29) is 0 Å². The third kappa shape index (κ3) is 2.95. The van der Waals surface area contributed by atoms with Gasteiger partial charge in [0.15, 0.2) is 0 Å². The van der Waals surface area contributed by atoms with Gasteiger partial charge in [0.25, 0.3) is 0 Å². The van der Waals surface area contributed by atoms with E-state index >= 15 is 0 Å². The molecule has 1 heterocycles. The molecule has 1 aromatic rings. The zero-order chi connectivity index (χ0) is 13.1. The SMILES string of the molecule is CC1CCCC(C)N1C(CN)c1ccc(Br)cc1. The zero-order valence-electron chi connectivity index (χ0n) is 11.3. The second-order valence-electron chi connectivity index (χ2n) is 5.38. The lowest BCUT2D eigenvalue weighted by Gasteiger charge is -2.44. The minimum atomic E-state index is 0.350. The predicted octanol–water partition coefficient (Wildman–Crippen LogP) is 3.71. The van der Waals surface area contributed by atoms with Crippen LogP contribution in [0.25, 0.3) is 0 Å². The molecule has 1 aliphatic rings. The van der Waals surface area contributed by atoms with Crippen molar-refractivity contribution in [2.75, 3.05) is 6.54 Å². The minimum Gasteiger partial charge on any atom is -0.329 e. The maximum absolute atomic E-state index is 6.04. The molecule has 3 unspecified atom stereocenters. The molecule has 0 radical (unpaired) electrons. The standard InChI is InChI=1S/C15H23BrN2/c1-11-4-3-5-12(2)18(11)15(10-17)13-6-8-14(16)9-7-13/h6-9,11-12,15H,3-5,10,17H2,1-2H3. The molecule has 1 aliphatic heterocycles. The quantitative estimate of drug-likeness (QED) is 0.922. The van der Waals surface area contributed by atoms with Gasteiger partial charge in [0.1, 0.15) is 0 Å². The van der Waals surface area contributed by atoms with Crippen molar-refractivity contribution in [3.8, 4) is 0 Å². The van der Waals surface area contributed by atoms with Gasteiger partial charge in [-0.1, -0.05) is 34.5 Å². The van der Waals surface area contributed by atoms with Crippen LogP contribution < -0.4 is 5.73 Å². The summed E-state index contributed by atoms with van der Waals surface area (Å²) >= 11 is 3.49. The number of hydrogen-bond acceptors (Lipinski definition) is 2. The number of hydrogen-bond donors (Lipinski definition) is 1. The highest BCUT2D eigenvalue weighted by Crippen LogP contribution is 2.32. The van der Waals surface area contributed by atoms with Gasteiger partial charge in [0, 0.05) is 29.1 Å². The number of halogens is 1. The fourth-order valence-electron chi connectivity index (χ4n) is 3.17. The lowest BCUT2D eigenvalue weighted by Crippen LogP contribution is -2.48. The van der Waals surface area contributed by atoms with Gasteiger partial charge in [0.2, 0.25) is 0 Å². The molecule has 0 bridgehead atoms. The van der Waals surface area contributed by atoms with Crippen molar-refractivity contribution in [3.05, 3.63) is 34.3 Å². The molecule has 0 aliphatic carbocycles. The summed E-state index contributed by atoms with van der Waals surface area (Å²) in [6.07, 6.45) is 3.92. The molecule has 2 rings (SSSR count). The number of benzene rings is 1. The van der Waals surface area contributed by atoms with Crippen molar-refractivity contribution in [1.29, 1.82) is 0 Å². The zero-order valence-corrected chi connectivity index (χ0v) is 12.9. The van der Waals surface area contributed by atoms with Crippen LogP contribution in [0.2, 0.25) is 0 Å². The number of likely N-dealkylation sites (tertiary alicyclic amines) is 1. The first-order valence-corrected chi connectivity index (χ1v) is 7.65. The summed E-state index contributed by atoms with van der Waals surface area (Å²) in [5.41, 5.74) is 7.38. The van der Waals surface area contributed by atoms with E-state index in [2.05, 4.69) is 58.9 Å². The first kappa shape index (κ1) is 14.0. The molecule has 1 saturated heterocycles. The molecule has 3 heteroatoms. The Balaban J connectivity index is 2.23. The monoisotopic (exact) mass is 310 g/mol. The van der Waals surface area contributed by atoms with E-state index in [4.69, 9.17) is 5.73 Å². The first-order chi connectivity index (χ1) is 8.63. The Bertz CT molecular complexity index is 367. The summed E-state index contributed by atoms with van der Waals surface area (Å²) in [5.74, 6) is 0. The van der Waals surface area contributed by atoms with E-state index in [0.29, 0.717) is 24.7 Å². The van der Waals surface area contributed by atoms with Crippen molar-refractivity contribution in [2.24, 2.45) is 5.73 Å². The Hall–Kier alpha value is -0.380. The van der Waals surface area contributed by atoms with E-state index in [9.17, 15) is 0 Å². The summed E-state index contributed by atoms with van der Waals surface area (Å²) in [5, 5.41) is 0. The molecule has 1 aromatic carbocycles. The smallest absolute Gasteiger partial charge is 0.0476 e. The van der Waals surface area contributed by atoms with Gasteiger partial charge in [-0.15, -0.1) is 0 Å². The fourth-order valence-corrected chi connectivity index (χ4v) is 3.43. The van der Waals surface area contributed by atoms with Crippen molar-refractivity contribution in [1.82, 2.24) is 4.90 Å². The Morgan fingerprint density at radius 2 is 1.78 bits per heavy atom. The van der Waals surface area contributed by atoms with E-state index < -0.39 is 0 Å². The lowest BCUT2D eigenvalue weighted by molar-refractivity contribution is 0.0578. The maximum Gasteiger partial charge on any atom is 0.0476 e. The highest BCUT2D eigenvalue weighted by molar-refractivity contribution is 9.10. The van der Waals surface area contributed by atoms with Crippen LogP contribution in [-0.2, 0) is 0 Å². The normalized spacial score (nSPS) is 27.1. The molecule has 2 nitrogen and oxygen atoms in total. The molecule has 0 aromatic heterocycles. The number of piperidine rings is 1. The van der Waals surface area contributed by atoms with Crippen LogP contribution in [0.1, 0.15) is 44.7 Å². The summed E-state index contributed by atoms with van der Waals surface area (Å²) in [6, 6.07) is 10.2. The second-order valence-corrected chi connectivity index (χ2v) is 6.29. The van der Waals surface area contributed by atoms with Gasteiger partial charge >= 0.3 is 0 Å². The molecule has 1 fully saturated rings. The molecular formula is C15H23BrN2. The van der Waals surface area contributed by atoms with Gasteiger partial charge in [-0.25, -0.2) is 0 Å². The summed E-state index contributed by atoms with van der Waals surface area (Å²) in [6.45, 7) is 5.35. The average Bonchev–Trinajstić information content (AvgIpc) is 2.35. The molecular weight excluding hydrogens is 288 g/mol. The molecule has 0 saturated carbocycles. The number of nitrogens with zero attached hydrogens (tertiary/aromatic N) is 1. The van der Waals surface area contributed by atoms with Crippen molar-refractivity contribution in [3.63, 3.8) is 0 Å². The molecule has 3 atom stereocenters. The fraction of sp³-hybridized carbons (Fsp3) is 0.600. The van der Waals surface area contributed by atoms with Crippen LogP contribution in [0, 0.1) is 0 Å². The number of nitrogens with two attached hydrogens (primary N) is 1. The average molecular weight is 311 g/mol. The Labute approximate surface area is 119 Å². The van der Waals surface area contributed by atoms with Gasteiger partial charge < -0.3 is 5.73 Å². The molecule has 18 heavy (non-hydrogen) atoms. The Morgan fingerprint density at radius 3 is 2.28 bits per heavy atom. The topological polar surface area (TPSA) is 29.3 Å². The largest absolute Gasteiger partial charge is 0.329 e. The van der Waals surface area contributed by atoms with Gasteiger partial charge in [-0.2, -0.15) is 0 Å². The van der Waals surface area contributed by atoms with Gasteiger partial charge in [0.05, 0.1) is 0 Å². The third-order valence-corrected chi connectivity index (χ3v) is 4.63. The second kappa shape index (κ2) is 6.18. The summed E-state index contributed by atoms with van der Waals surface area (Å²) in [4.78, 5) is 2.60. The molecule has 0 spiro atoms. The molecule has 2 N–H and O–H groups in total. The molecule has 0 amide bonds. The summed E-state index contributed by atoms with van der Waals surface area (Å²) < 4.78 is 1.13. The Morgan fingerprint density at radius 1 is 1.22 bits per heavy atom. The van der Waals surface area contributed by atoms with E-state index in [0.717, 1.165) is 4.47 Å². The lowest BCUT2D eigenvalue weighted by atomic mass is 9.92. The van der Waals surface area contributed by atoms with Gasteiger partial charge in [-0.3, -0.25) is 4.90 Å². The van der Waals surface area contributed by atoms with Crippen LogP contribution >= 0.6 is 15.9 Å². The highest BCUT2D eigenvalue weighted by atomic mass is 79.9. The maximum atomic E-state index is 6.04. The molecule has 100 valence electrons. The van der Waals surface area contributed by atoms with Crippen molar-refractivity contribution < 1.29 is 0 Å². The van der Waals surface area contributed by atoms with Crippen molar-refractivity contribution in [2.45, 2.75) is 51.2 Å². The third-order valence-electron chi connectivity index (χ3n) is 4.10. The van der Waals surface area contributed by atoms with E-state index in [1.807, 2.05) is 0 Å². The predicted molar refractivity (Wildman–Crippen MR) is 80.6 cm³/mol. The van der Waals surface area contributed by atoms with Crippen LogP contribution in [0.5, 0.6) is 0 Å². The summed E-state index contributed by atoms with van der Waals surface area (Å²) in [7, 11) is 0. The van der Waals surface area contributed by atoms with Gasteiger partial charge in [-0.05, 0) is 44.4 Å². The Kier molecular flexibility index (Phi) is 4.82.